The van der Waals surface area contributed by atoms with Crippen molar-refractivity contribution in [3.05, 3.63) is 75.3 Å². The van der Waals surface area contributed by atoms with Gasteiger partial charge >= 0.3 is 0 Å². The smallest absolute Gasteiger partial charge is 0.267 e. The monoisotopic (exact) mass is 523 g/mol. The highest BCUT2D eigenvalue weighted by atomic mass is 32.2. The lowest BCUT2D eigenvalue weighted by Gasteiger charge is -2.37. The van der Waals surface area contributed by atoms with Crippen molar-refractivity contribution in [3.63, 3.8) is 0 Å². The molecule has 0 atom stereocenters. The normalized spacial score (nSPS) is 17.8. The van der Waals surface area contributed by atoms with Crippen LogP contribution < -0.4 is 15.4 Å². The Balaban J connectivity index is 1.51. The molecule has 36 heavy (non-hydrogen) atoms. The van der Waals surface area contributed by atoms with Crippen LogP contribution in [0.15, 0.2) is 58.4 Å². The quantitative estimate of drug-likeness (QED) is 0.370. The third-order valence-corrected chi connectivity index (χ3v) is 7.60. The maximum absolute atomic E-state index is 14.3. The Morgan fingerprint density at radius 3 is 2.47 bits per heavy atom. The maximum atomic E-state index is 14.3. The van der Waals surface area contributed by atoms with E-state index >= 15 is 0 Å². The Hall–Kier alpha value is -3.24. The summed E-state index contributed by atoms with van der Waals surface area (Å²) in [5, 5.41) is 0. The number of fused-ring (bicyclic) bond motifs is 1. The highest BCUT2D eigenvalue weighted by Crippen LogP contribution is 2.34. The number of thiocarbonyl (C=S) groups is 1. The number of carbonyl (C=O) groups is 1. The van der Waals surface area contributed by atoms with E-state index in [4.69, 9.17) is 17.2 Å². The molecule has 2 aliphatic rings. The van der Waals surface area contributed by atoms with Gasteiger partial charge in [0, 0.05) is 38.9 Å². The molecule has 2 aromatic heterocycles. The average Bonchev–Trinajstić information content (AvgIpc) is 3.13. The summed E-state index contributed by atoms with van der Waals surface area (Å²) in [4.78, 5) is 37.6. The van der Waals surface area contributed by atoms with E-state index in [1.165, 1.54) is 22.2 Å². The minimum Gasteiger partial charge on any atom is -0.366 e. The van der Waals surface area contributed by atoms with Crippen molar-refractivity contribution < 1.29 is 9.18 Å². The first kappa shape index (κ1) is 24.5. The van der Waals surface area contributed by atoms with Crippen LogP contribution in [0, 0.1) is 11.7 Å². The highest BCUT2D eigenvalue weighted by molar-refractivity contribution is 8.26. The molecule has 0 radical (unpaired) electrons. The standard InChI is InChI=1S/C26H26FN5O2S2/c1-17(2)16-32-25(34)21(36-26(32)35)15-18-23(28-22-9-5-6-10-31(22)24(18)33)30-13-11-29(12-14-30)20-8-4-3-7-19(20)27/h3-10,15,17H,11-14,16H2,1-2H3. The predicted molar refractivity (Wildman–Crippen MR) is 147 cm³/mol. The van der Waals surface area contributed by atoms with Gasteiger partial charge in [-0.2, -0.15) is 0 Å². The molecule has 2 fully saturated rings. The van der Waals surface area contributed by atoms with Crippen LogP contribution in [-0.2, 0) is 4.79 Å². The molecule has 2 saturated heterocycles. The summed E-state index contributed by atoms with van der Waals surface area (Å²) in [6, 6.07) is 12.1. The number of benzene rings is 1. The fourth-order valence-electron chi connectivity index (χ4n) is 4.48. The molecule has 0 aliphatic carbocycles. The van der Waals surface area contributed by atoms with Gasteiger partial charge in [-0.25, -0.2) is 9.37 Å². The van der Waals surface area contributed by atoms with Crippen molar-refractivity contribution >= 4 is 57.4 Å². The van der Waals surface area contributed by atoms with Gasteiger partial charge < -0.3 is 9.80 Å². The molecule has 1 aromatic carbocycles. The van der Waals surface area contributed by atoms with Gasteiger partial charge in [0.25, 0.3) is 11.5 Å². The van der Waals surface area contributed by atoms with Crippen molar-refractivity contribution in [2.45, 2.75) is 13.8 Å². The number of pyridine rings is 1. The minimum absolute atomic E-state index is 0.188. The number of piperazine rings is 1. The van der Waals surface area contributed by atoms with Crippen LogP contribution in [0.2, 0.25) is 0 Å². The van der Waals surface area contributed by atoms with Gasteiger partial charge in [-0.05, 0) is 36.3 Å². The number of thioether (sulfide) groups is 1. The summed E-state index contributed by atoms with van der Waals surface area (Å²) < 4.78 is 16.3. The Morgan fingerprint density at radius 2 is 1.75 bits per heavy atom. The van der Waals surface area contributed by atoms with E-state index in [9.17, 15) is 14.0 Å². The van der Waals surface area contributed by atoms with Gasteiger partial charge in [-0.1, -0.05) is 56.0 Å². The van der Waals surface area contributed by atoms with Crippen molar-refractivity contribution in [2.24, 2.45) is 5.92 Å². The molecule has 4 heterocycles. The van der Waals surface area contributed by atoms with Crippen LogP contribution in [0.5, 0.6) is 0 Å². The van der Waals surface area contributed by atoms with E-state index in [2.05, 4.69) is 0 Å². The molecule has 0 N–H and O–H groups in total. The van der Waals surface area contributed by atoms with Crippen LogP contribution in [0.1, 0.15) is 19.4 Å². The molecular formula is C26H26FN5O2S2. The lowest BCUT2D eigenvalue weighted by atomic mass is 10.2. The number of carbonyl (C=O) groups excluding carboxylic acids is 1. The Bertz CT molecular complexity index is 1430. The molecule has 7 nitrogen and oxygen atoms in total. The van der Waals surface area contributed by atoms with E-state index in [1.54, 1.807) is 41.4 Å². The van der Waals surface area contributed by atoms with Crippen molar-refractivity contribution in [1.29, 1.82) is 0 Å². The van der Waals surface area contributed by atoms with Gasteiger partial charge in [0.05, 0.1) is 16.2 Å². The highest BCUT2D eigenvalue weighted by Gasteiger charge is 2.33. The number of anilines is 2. The minimum atomic E-state index is -0.253. The van der Waals surface area contributed by atoms with Crippen molar-refractivity contribution in [3.8, 4) is 0 Å². The zero-order valence-corrected chi connectivity index (χ0v) is 21.7. The number of halogens is 1. The zero-order chi connectivity index (χ0) is 25.4. The second kappa shape index (κ2) is 10.0. The van der Waals surface area contributed by atoms with Gasteiger partial charge in [0.15, 0.2) is 0 Å². The molecule has 186 valence electrons. The lowest BCUT2D eigenvalue weighted by molar-refractivity contribution is -0.122. The number of amides is 1. The van der Waals surface area contributed by atoms with Crippen LogP contribution in [0.25, 0.3) is 11.7 Å². The van der Waals surface area contributed by atoms with E-state index in [0.29, 0.717) is 64.7 Å². The first-order valence-electron chi connectivity index (χ1n) is 11.8. The molecule has 0 saturated carbocycles. The first-order chi connectivity index (χ1) is 17.3. The molecular weight excluding hydrogens is 497 g/mol. The summed E-state index contributed by atoms with van der Waals surface area (Å²) in [6.45, 7) is 6.85. The number of nitrogens with zero attached hydrogens (tertiary/aromatic N) is 5. The SMILES string of the molecule is CC(C)CN1C(=O)C(=Cc2c(N3CCN(c4ccccc4F)CC3)nc3ccccn3c2=O)SC1=S. The number of aromatic nitrogens is 2. The molecule has 5 rings (SSSR count). The van der Waals surface area contributed by atoms with Gasteiger partial charge in [0.2, 0.25) is 0 Å². The predicted octanol–water partition coefficient (Wildman–Crippen LogP) is 4.02. The molecule has 1 amide bonds. The second-order valence-corrected chi connectivity index (χ2v) is 10.9. The topological polar surface area (TPSA) is 61.2 Å². The Morgan fingerprint density at radius 1 is 1.06 bits per heavy atom. The van der Waals surface area contributed by atoms with Crippen LogP contribution >= 0.6 is 24.0 Å². The van der Waals surface area contributed by atoms with Gasteiger partial charge in [-0.3, -0.25) is 18.9 Å². The summed E-state index contributed by atoms with van der Waals surface area (Å²) >= 11 is 6.66. The maximum Gasteiger partial charge on any atom is 0.267 e. The molecule has 0 bridgehead atoms. The summed E-state index contributed by atoms with van der Waals surface area (Å²) in [6.07, 6.45) is 3.30. The van der Waals surface area contributed by atoms with Crippen LogP contribution in [0.3, 0.4) is 0 Å². The third kappa shape index (κ3) is 4.62. The van der Waals surface area contributed by atoms with Gasteiger partial charge in [0.1, 0.15) is 21.6 Å². The van der Waals surface area contributed by atoms with Crippen LogP contribution in [0.4, 0.5) is 15.9 Å². The number of rotatable bonds is 5. The first-order valence-corrected chi connectivity index (χ1v) is 13.1. The third-order valence-electron chi connectivity index (χ3n) is 6.22. The number of hydrogen-bond donors (Lipinski definition) is 0. The van der Waals surface area contributed by atoms with Crippen molar-refractivity contribution in [2.75, 3.05) is 42.5 Å². The Labute approximate surface area is 218 Å². The number of para-hydroxylation sites is 1. The van der Waals surface area contributed by atoms with E-state index < -0.39 is 0 Å². The van der Waals surface area contributed by atoms with Crippen LogP contribution in [-0.4, -0.2) is 57.2 Å². The second-order valence-electron chi connectivity index (χ2n) is 9.19. The molecule has 0 spiro atoms. The molecule has 2 aliphatic heterocycles. The zero-order valence-electron chi connectivity index (χ0n) is 20.1. The number of hydrogen-bond acceptors (Lipinski definition) is 7. The van der Waals surface area contributed by atoms with E-state index in [0.717, 1.165) is 0 Å². The van der Waals surface area contributed by atoms with Gasteiger partial charge in [-0.15, -0.1) is 0 Å². The van der Waals surface area contributed by atoms with E-state index in [1.807, 2.05) is 35.8 Å². The fourth-order valence-corrected chi connectivity index (χ4v) is 5.74. The lowest BCUT2D eigenvalue weighted by Crippen LogP contribution is -2.47. The molecule has 10 heteroatoms. The summed E-state index contributed by atoms with van der Waals surface area (Å²) in [7, 11) is 0. The van der Waals surface area contributed by atoms with Crippen molar-refractivity contribution in [1.82, 2.24) is 14.3 Å². The van der Waals surface area contributed by atoms with E-state index in [-0.39, 0.29) is 23.2 Å². The average molecular weight is 524 g/mol. The molecule has 3 aromatic rings. The largest absolute Gasteiger partial charge is 0.366 e. The Kier molecular flexibility index (Phi) is 6.81. The fraction of sp³-hybridized carbons (Fsp3) is 0.308. The summed E-state index contributed by atoms with van der Waals surface area (Å²) in [5.41, 5.74) is 1.20. The summed E-state index contributed by atoms with van der Waals surface area (Å²) in [5.74, 6) is 0.346. The molecule has 0 unspecified atom stereocenters.